The van der Waals surface area contributed by atoms with Crippen molar-refractivity contribution in [1.82, 2.24) is 9.88 Å². The Morgan fingerprint density at radius 1 is 1.07 bits per heavy atom. The van der Waals surface area contributed by atoms with Crippen LogP contribution in [0.3, 0.4) is 0 Å². The maximum atomic E-state index is 13.1. The zero-order valence-electron chi connectivity index (χ0n) is 17.0. The molecular formula is C23H25N3O3S. The molecule has 1 N–H and O–H groups in total. The summed E-state index contributed by atoms with van der Waals surface area (Å²) in [6.45, 7) is 1.91. The van der Waals surface area contributed by atoms with Crippen molar-refractivity contribution in [3.63, 3.8) is 0 Å². The third-order valence-electron chi connectivity index (χ3n) is 6.42. The third-order valence-corrected chi connectivity index (χ3v) is 7.60. The fraction of sp³-hybridized carbons (Fsp3) is 0.348. The minimum atomic E-state index is -3.28. The van der Waals surface area contributed by atoms with E-state index in [4.69, 9.17) is 0 Å². The SMILES string of the molecule is CS(=O)(=O)N1CCc2cc(C(=O)N3CCC(c4c[nH]c5ccccc45)CC3)ccc21. The molecule has 2 aromatic carbocycles. The second-order valence-electron chi connectivity index (χ2n) is 8.28. The number of piperidine rings is 1. The summed E-state index contributed by atoms with van der Waals surface area (Å²) >= 11 is 0. The number of sulfonamides is 1. The lowest BCUT2D eigenvalue weighted by Gasteiger charge is -2.32. The van der Waals surface area contributed by atoms with Crippen LogP contribution in [0.15, 0.2) is 48.7 Å². The molecule has 1 amide bonds. The van der Waals surface area contributed by atoms with E-state index < -0.39 is 10.0 Å². The lowest BCUT2D eigenvalue weighted by atomic mass is 9.89. The Hall–Kier alpha value is -2.80. The molecule has 0 unspecified atom stereocenters. The number of fused-ring (bicyclic) bond motifs is 2. The summed E-state index contributed by atoms with van der Waals surface area (Å²) in [4.78, 5) is 18.4. The van der Waals surface area contributed by atoms with Crippen LogP contribution in [0, 0.1) is 0 Å². The summed E-state index contributed by atoms with van der Waals surface area (Å²) in [6, 6.07) is 13.8. The first-order valence-corrected chi connectivity index (χ1v) is 12.2. The van der Waals surface area contributed by atoms with E-state index in [-0.39, 0.29) is 5.91 Å². The number of carbonyl (C=O) groups excluding carboxylic acids is 1. The molecule has 6 nitrogen and oxygen atoms in total. The molecule has 2 aliphatic rings. The highest BCUT2D eigenvalue weighted by molar-refractivity contribution is 7.92. The maximum Gasteiger partial charge on any atom is 0.253 e. The van der Waals surface area contributed by atoms with Gasteiger partial charge < -0.3 is 9.88 Å². The molecule has 0 saturated carbocycles. The lowest BCUT2D eigenvalue weighted by Crippen LogP contribution is -2.37. The summed E-state index contributed by atoms with van der Waals surface area (Å²) in [7, 11) is -3.28. The van der Waals surface area contributed by atoms with Crippen LogP contribution in [0.4, 0.5) is 5.69 Å². The number of anilines is 1. The van der Waals surface area contributed by atoms with Crippen LogP contribution in [0.2, 0.25) is 0 Å². The first-order chi connectivity index (χ1) is 14.4. The van der Waals surface area contributed by atoms with E-state index in [1.807, 2.05) is 17.0 Å². The molecule has 3 heterocycles. The number of aromatic amines is 1. The molecule has 0 bridgehead atoms. The minimum absolute atomic E-state index is 0.0352. The van der Waals surface area contributed by atoms with Crippen LogP contribution >= 0.6 is 0 Å². The number of amides is 1. The minimum Gasteiger partial charge on any atom is -0.361 e. The Morgan fingerprint density at radius 3 is 2.60 bits per heavy atom. The number of rotatable bonds is 3. The summed E-state index contributed by atoms with van der Waals surface area (Å²) in [6.07, 6.45) is 5.87. The first-order valence-electron chi connectivity index (χ1n) is 10.4. The Balaban J connectivity index is 1.30. The summed E-state index contributed by atoms with van der Waals surface area (Å²) < 4.78 is 25.3. The van der Waals surface area contributed by atoms with Crippen LogP contribution in [0.25, 0.3) is 10.9 Å². The second-order valence-corrected chi connectivity index (χ2v) is 10.2. The number of carbonyl (C=O) groups is 1. The third kappa shape index (κ3) is 3.27. The predicted molar refractivity (Wildman–Crippen MR) is 119 cm³/mol. The van der Waals surface area contributed by atoms with E-state index in [0.717, 1.165) is 37.0 Å². The van der Waals surface area contributed by atoms with Crippen LogP contribution in [-0.2, 0) is 16.4 Å². The van der Waals surface area contributed by atoms with Gasteiger partial charge in [-0.25, -0.2) is 8.42 Å². The Labute approximate surface area is 176 Å². The number of hydrogen-bond donors (Lipinski definition) is 1. The Bertz CT molecular complexity index is 1220. The van der Waals surface area contributed by atoms with Crippen molar-refractivity contribution < 1.29 is 13.2 Å². The van der Waals surface area contributed by atoms with E-state index in [1.165, 1.54) is 21.5 Å². The number of nitrogens with zero attached hydrogens (tertiary/aromatic N) is 2. The van der Waals surface area contributed by atoms with Crippen molar-refractivity contribution in [3.05, 3.63) is 65.4 Å². The number of para-hydroxylation sites is 1. The highest BCUT2D eigenvalue weighted by Gasteiger charge is 2.29. The number of hydrogen-bond acceptors (Lipinski definition) is 3. The number of H-pyrrole nitrogens is 1. The molecule has 1 saturated heterocycles. The molecule has 1 aromatic heterocycles. The molecular weight excluding hydrogens is 398 g/mol. The van der Waals surface area contributed by atoms with E-state index in [2.05, 4.69) is 29.4 Å². The van der Waals surface area contributed by atoms with Gasteiger partial charge >= 0.3 is 0 Å². The average Bonchev–Trinajstić information content (AvgIpc) is 3.37. The summed E-state index contributed by atoms with van der Waals surface area (Å²) in [5.41, 5.74) is 4.78. The fourth-order valence-corrected chi connectivity index (χ4v) is 5.82. The lowest BCUT2D eigenvalue weighted by molar-refractivity contribution is 0.0713. The van der Waals surface area contributed by atoms with Gasteiger partial charge in [0, 0.05) is 42.3 Å². The second kappa shape index (κ2) is 7.16. The van der Waals surface area contributed by atoms with Gasteiger partial charge in [0.05, 0.1) is 11.9 Å². The molecule has 156 valence electrons. The molecule has 0 radical (unpaired) electrons. The first kappa shape index (κ1) is 19.2. The normalized spacial score (nSPS) is 17.5. The van der Waals surface area contributed by atoms with Gasteiger partial charge in [0.2, 0.25) is 10.0 Å². The van der Waals surface area contributed by atoms with Crippen molar-refractivity contribution in [2.75, 3.05) is 30.2 Å². The van der Waals surface area contributed by atoms with E-state index in [9.17, 15) is 13.2 Å². The molecule has 7 heteroatoms. The highest BCUT2D eigenvalue weighted by atomic mass is 32.2. The van der Waals surface area contributed by atoms with Gasteiger partial charge in [-0.3, -0.25) is 9.10 Å². The van der Waals surface area contributed by atoms with E-state index in [1.54, 1.807) is 12.1 Å². The zero-order chi connectivity index (χ0) is 20.9. The molecule has 0 aliphatic carbocycles. The fourth-order valence-electron chi connectivity index (χ4n) is 4.86. The van der Waals surface area contributed by atoms with Gasteiger partial charge in [0.15, 0.2) is 0 Å². The van der Waals surface area contributed by atoms with Crippen molar-refractivity contribution >= 4 is 32.5 Å². The van der Waals surface area contributed by atoms with Crippen molar-refractivity contribution in [2.45, 2.75) is 25.2 Å². The van der Waals surface area contributed by atoms with Crippen LogP contribution in [0.5, 0.6) is 0 Å². The van der Waals surface area contributed by atoms with E-state index in [0.29, 0.717) is 30.1 Å². The summed E-state index contributed by atoms with van der Waals surface area (Å²) in [5.74, 6) is 0.488. The van der Waals surface area contributed by atoms with Crippen molar-refractivity contribution in [3.8, 4) is 0 Å². The quantitative estimate of drug-likeness (QED) is 0.701. The van der Waals surface area contributed by atoms with Gasteiger partial charge in [0.25, 0.3) is 5.91 Å². The van der Waals surface area contributed by atoms with Gasteiger partial charge in [-0.1, -0.05) is 18.2 Å². The monoisotopic (exact) mass is 423 g/mol. The van der Waals surface area contributed by atoms with Crippen molar-refractivity contribution in [2.24, 2.45) is 0 Å². The molecule has 5 rings (SSSR count). The summed E-state index contributed by atoms with van der Waals surface area (Å²) in [5, 5.41) is 1.27. The van der Waals surface area contributed by atoms with Gasteiger partial charge in [-0.05, 0) is 60.6 Å². The van der Waals surface area contributed by atoms with Crippen LogP contribution in [-0.4, -0.2) is 50.1 Å². The molecule has 30 heavy (non-hydrogen) atoms. The predicted octanol–water partition coefficient (Wildman–Crippen LogP) is 3.51. The molecule has 2 aliphatic heterocycles. The molecule has 0 spiro atoms. The van der Waals surface area contributed by atoms with E-state index >= 15 is 0 Å². The average molecular weight is 424 g/mol. The molecule has 3 aromatic rings. The van der Waals surface area contributed by atoms with Crippen LogP contribution in [0.1, 0.15) is 40.2 Å². The molecule has 1 fully saturated rings. The van der Waals surface area contributed by atoms with Crippen LogP contribution < -0.4 is 4.31 Å². The largest absolute Gasteiger partial charge is 0.361 e. The number of likely N-dealkylation sites (tertiary alicyclic amines) is 1. The standard InChI is InChI=1S/C23H25N3O3S/c1-30(28,29)26-13-10-17-14-18(6-7-22(17)26)23(27)25-11-8-16(9-12-25)20-15-24-21-5-3-2-4-19(20)21/h2-7,14-16,24H,8-13H2,1H3. The zero-order valence-corrected chi connectivity index (χ0v) is 17.8. The van der Waals surface area contributed by atoms with Crippen molar-refractivity contribution in [1.29, 1.82) is 0 Å². The Kier molecular flexibility index (Phi) is 4.58. The number of benzene rings is 2. The smallest absolute Gasteiger partial charge is 0.253 e. The van der Waals surface area contributed by atoms with Gasteiger partial charge in [0.1, 0.15) is 0 Å². The Morgan fingerprint density at radius 2 is 1.83 bits per heavy atom. The highest BCUT2D eigenvalue weighted by Crippen LogP contribution is 2.34. The van der Waals surface area contributed by atoms with Gasteiger partial charge in [-0.2, -0.15) is 0 Å². The molecule has 0 atom stereocenters. The maximum absolute atomic E-state index is 13.1. The number of aromatic nitrogens is 1. The number of nitrogens with one attached hydrogen (secondary N) is 1. The topological polar surface area (TPSA) is 73.5 Å². The van der Waals surface area contributed by atoms with Gasteiger partial charge in [-0.15, -0.1) is 0 Å².